The van der Waals surface area contributed by atoms with Crippen molar-refractivity contribution < 1.29 is 4.74 Å². The number of piperazine rings is 1. The third-order valence-electron chi connectivity index (χ3n) is 7.03. The van der Waals surface area contributed by atoms with Gasteiger partial charge in [-0.2, -0.15) is 5.10 Å². The molecule has 33 heavy (non-hydrogen) atoms. The predicted molar refractivity (Wildman–Crippen MR) is 126 cm³/mol. The van der Waals surface area contributed by atoms with Crippen LogP contribution in [0.3, 0.4) is 0 Å². The summed E-state index contributed by atoms with van der Waals surface area (Å²) in [5.74, 6) is 2.72. The van der Waals surface area contributed by atoms with E-state index in [0.29, 0.717) is 0 Å². The summed E-state index contributed by atoms with van der Waals surface area (Å²) in [6.45, 7) is 7.78. The van der Waals surface area contributed by atoms with Gasteiger partial charge in [0.05, 0.1) is 22.6 Å². The van der Waals surface area contributed by atoms with Crippen LogP contribution in [0.5, 0.6) is 0 Å². The maximum atomic E-state index is 6.29. The maximum Gasteiger partial charge on any atom is 0.225 e. The lowest BCUT2D eigenvalue weighted by molar-refractivity contribution is 0.0958. The minimum Gasteiger partial charge on any atom is -0.492 e. The molecule has 0 amide bonds. The quantitative estimate of drug-likeness (QED) is 0.753. The number of hydrazone groups is 1. The van der Waals surface area contributed by atoms with Gasteiger partial charge in [0.25, 0.3) is 0 Å². The van der Waals surface area contributed by atoms with Crippen LogP contribution in [0.25, 0.3) is 0 Å². The van der Waals surface area contributed by atoms with E-state index in [0.717, 1.165) is 80.1 Å². The number of ether oxygens (including phenoxy) is 1. The lowest BCUT2D eigenvalue weighted by Gasteiger charge is -2.35. The molecule has 4 heterocycles. The number of aromatic nitrogens is 4. The number of allylic oxidation sites excluding steroid dienone is 4. The van der Waals surface area contributed by atoms with Gasteiger partial charge in [0.2, 0.25) is 5.95 Å². The first-order valence-electron chi connectivity index (χ1n) is 11.6. The number of rotatable bonds is 5. The Hall–Kier alpha value is -3.49. The fourth-order valence-electron chi connectivity index (χ4n) is 4.72. The molecule has 2 aromatic rings. The van der Waals surface area contributed by atoms with Gasteiger partial charge >= 0.3 is 0 Å². The third-order valence-corrected chi connectivity index (χ3v) is 7.03. The summed E-state index contributed by atoms with van der Waals surface area (Å²) in [6, 6.07) is 3.90. The van der Waals surface area contributed by atoms with Crippen LogP contribution in [0, 0.1) is 5.41 Å². The third kappa shape index (κ3) is 3.71. The van der Waals surface area contributed by atoms with Crippen molar-refractivity contribution in [1.29, 1.82) is 0 Å². The zero-order valence-electron chi connectivity index (χ0n) is 19.0. The van der Waals surface area contributed by atoms with Crippen molar-refractivity contribution in [2.45, 2.75) is 38.7 Å². The number of nitrogens with one attached hydrogen (secondary N) is 1. The number of anilines is 2. The molecule has 9 nitrogen and oxygen atoms in total. The smallest absolute Gasteiger partial charge is 0.225 e. The maximum absolute atomic E-state index is 6.29. The Morgan fingerprint density at radius 3 is 2.45 bits per heavy atom. The second-order valence-electron chi connectivity index (χ2n) is 9.63. The molecule has 2 aliphatic heterocycles. The first kappa shape index (κ1) is 20.1. The molecule has 170 valence electrons. The van der Waals surface area contributed by atoms with Crippen LogP contribution < -0.4 is 15.2 Å². The van der Waals surface area contributed by atoms with E-state index in [9.17, 15) is 0 Å². The second-order valence-corrected chi connectivity index (χ2v) is 9.63. The minimum atomic E-state index is -0.287. The van der Waals surface area contributed by atoms with E-state index in [1.165, 1.54) is 0 Å². The molecule has 2 fully saturated rings. The van der Waals surface area contributed by atoms with Crippen molar-refractivity contribution >= 4 is 17.5 Å². The first-order valence-corrected chi connectivity index (χ1v) is 11.6. The molecule has 1 unspecified atom stereocenters. The van der Waals surface area contributed by atoms with Gasteiger partial charge in [-0.15, -0.1) is 0 Å². The van der Waals surface area contributed by atoms with Crippen molar-refractivity contribution in [2.24, 2.45) is 10.5 Å². The highest BCUT2D eigenvalue weighted by molar-refractivity contribution is 6.07. The molecular weight excluding hydrogens is 416 g/mol. The Bertz CT molecular complexity index is 1150. The molecule has 0 aromatic carbocycles. The average Bonchev–Trinajstić information content (AvgIpc) is 3.46. The Balaban J connectivity index is 1.18. The Kier molecular flexibility index (Phi) is 4.60. The minimum absolute atomic E-state index is 0.00585. The van der Waals surface area contributed by atoms with Gasteiger partial charge in [0, 0.05) is 56.8 Å². The summed E-state index contributed by atoms with van der Waals surface area (Å²) >= 11 is 0. The molecule has 0 spiro atoms. The zero-order chi connectivity index (χ0) is 22.5. The molecule has 1 N–H and O–H groups in total. The Morgan fingerprint density at radius 2 is 1.70 bits per heavy atom. The highest BCUT2D eigenvalue weighted by Crippen LogP contribution is 2.47. The molecule has 2 aromatic heterocycles. The normalized spacial score (nSPS) is 25.5. The molecule has 0 bridgehead atoms. The molecule has 6 rings (SSSR count). The topological polar surface area (TPSA) is 91.7 Å². The van der Waals surface area contributed by atoms with E-state index in [1.54, 1.807) is 18.7 Å². The highest BCUT2D eigenvalue weighted by atomic mass is 16.5. The van der Waals surface area contributed by atoms with Gasteiger partial charge in [-0.1, -0.05) is 0 Å². The van der Waals surface area contributed by atoms with Gasteiger partial charge < -0.3 is 14.5 Å². The number of hydrogen-bond acceptors (Lipinski definition) is 9. The summed E-state index contributed by atoms with van der Waals surface area (Å²) in [4.78, 5) is 22.4. The SMILES string of the molecule is CC1(OC2=CC=C3NN=C(c4cc(N5CCN(c6ncccn6)CC5)ncn4)C3(C)C2)CC1. The van der Waals surface area contributed by atoms with Gasteiger partial charge in [-0.25, -0.2) is 19.9 Å². The van der Waals surface area contributed by atoms with Gasteiger partial charge in [-0.3, -0.25) is 5.43 Å². The van der Waals surface area contributed by atoms with Crippen LogP contribution in [0.15, 0.2) is 59.6 Å². The highest BCUT2D eigenvalue weighted by Gasteiger charge is 2.46. The lowest BCUT2D eigenvalue weighted by Crippen LogP contribution is -2.47. The molecule has 2 aliphatic carbocycles. The van der Waals surface area contributed by atoms with E-state index in [2.05, 4.69) is 72.3 Å². The Labute approximate surface area is 193 Å². The molecule has 0 radical (unpaired) electrons. The number of nitrogens with zero attached hydrogens (tertiary/aromatic N) is 7. The van der Waals surface area contributed by atoms with Gasteiger partial charge in [0.1, 0.15) is 17.7 Å². The number of fused-ring (bicyclic) bond motifs is 1. The van der Waals surface area contributed by atoms with Crippen molar-refractivity contribution in [2.75, 3.05) is 36.0 Å². The van der Waals surface area contributed by atoms with E-state index in [-0.39, 0.29) is 11.0 Å². The second kappa shape index (κ2) is 7.54. The first-order chi connectivity index (χ1) is 16.0. The van der Waals surface area contributed by atoms with E-state index < -0.39 is 0 Å². The number of hydrogen-bond donors (Lipinski definition) is 1. The average molecular weight is 445 g/mol. The van der Waals surface area contributed by atoms with Crippen molar-refractivity contribution in [3.8, 4) is 0 Å². The molecule has 1 saturated carbocycles. The Morgan fingerprint density at radius 1 is 0.939 bits per heavy atom. The summed E-state index contributed by atoms with van der Waals surface area (Å²) in [5.41, 5.74) is 5.82. The summed E-state index contributed by atoms with van der Waals surface area (Å²) in [5, 5.41) is 4.68. The van der Waals surface area contributed by atoms with Crippen LogP contribution in [0.2, 0.25) is 0 Å². The largest absolute Gasteiger partial charge is 0.492 e. The van der Waals surface area contributed by atoms with Gasteiger partial charge in [-0.05, 0) is 44.9 Å². The lowest BCUT2D eigenvalue weighted by atomic mass is 9.75. The van der Waals surface area contributed by atoms with Crippen molar-refractivity contribution in [3.63, 3.8) is 0 Å². The van der Waals surface area contributed by atoms with Crippen molar-refractivity contribution in [1.82, 2.24) is 25.4 Å². The standard InChI is InChI=1S/C24H28N8O/c1-23(6-7-23)33-17-4-5-19-24(2,15-17)21(30-29-19)18-14-20(28-16-27-18)31-10-12-32(13-11-31)22-25-8-3-9-26-22/h3-5,8-9,14,16,29H,6-7,10-13,15H2,1-2H3. The molecular formula is C24H28N8O. The summed E-state index contributed by atoms with van der Waals surface area (Å²) < 4.78 is 6.29. The molecule has 9 heteroatoms. The molecule has 1 saturated heterocycles. The molecule has 1 atom stereocenters. The van der Waals surface area contributed by atoms with Crippen LogP contribution >= 0.6 is 0 Å². The summed E-state index contributed by atoms with van der Waals surface area (Å²) in [7, 11) is 0. The van der Waals surface area contributed by atoms with Crippen molar-refractivity contribution in [3.05, 3.63) is 60.2 Å². The fourth-order valence-corrected chi connectivity index (χ4v) is 4.72. The van der Waals surface area contributed by atoms with E-state index >= 15 is 0 Å². The molecule has 4 aliphatic rings. The van der Waals surface area contributed by atoms with Crippen LogP contribution in [-0.2, 0) is 4.74 Å². The monoisotopic (exact) mass is 444 g/mol. The van der Waals surface area contributed by atoms with E-state index in [1.807, 2.05) is 6.07 Å². The summed E-state index contributed by atoms with van der Waals surface area (Å²) in [6.07, 6.45) is 12.4. The zero-order valence-corrected chi connectivity index (χ0v) is 19.0. The predicted octanol–water partition coefficient (Wildman–Crippen LogP) is 2.65. The van der Waals surface area contributed by atoms with Gasteiger partial charge in [0.15, 0.2) is 0 Å². The van der Waals surface area contributed by atoms with Crippen LogP contribution in [0.1, 0.15) is 38.8 Å². The van der Waals surface area contributed by atoms with E-state index in [4.69, 9.17) is 4.74 Å². The van der Waals surface area contributed by atoms with Crippen LogP contribution in [-0.4, -0.2) is 57.4 Å². The van der Waals surface area contributed by atoms with Crippen LogP contribution in [0.4, 0.5) is 11.8 Å². The fraction of sp³-hybridized carbons (Fsp3) is 0.458.